The molecule has 0 fully saturated rings. The Hall–Kier alpha value is -5.06. The second kappa shape index (κ2) is 18.1. The van der Waals surface area contributed by atoms with Crippen LogP contribution in [0.5, 0.6) is 5.75 Å². The summed E-state index contributed by atoms with van der Waals surface area (Å²) in [5, 5.41) is 8.20. The number of unbranched alkanes of at least 4 members (excludes halogenated alkanes) is 1. The van der Waals surface area contributed by atoms with Crippen LogP contribution in [0.3, 0.4) is 0 Å². The van der Waals surface area contributed by atoms with Gasteiger partial charge in [0.25, 0.3) is 0 Å². The number of carbonyl (C=O) groups is 4. The lowest BCUT2D eigenvalue weighted by atomic mass is 9.91. The topological polar surface area (TPSA) is 141 Å². The molecule has 4 rings (SSSR count). The molecule has 2 aromatic rings. The predicted octanol–water partition coefficient (Wildman–Crippen LogP) is 6.14. The second-order valence-electron chi connectivity index (χ2n) is 13.3. The monoisotopic (exact) mass is 687 g/mol. The summed E-state index contributed by atoms with van der Waals surface area (Å²) in [6.07, 6.45) is 7.86. The number of carbonyl (C=O) groups excluding carboxylic acids is 4. The van der Waals surface area contributed by atoms with Crippen LogP contribution < -0.4 is 20.7 Å². The Morgan fingerprint density at radius 3 is 2.46 bits per heavy atom. The Balaban J connectivity index is 1.41. The van der Waals surface area contributed by atoms with Crippen LogP contribution in [0, 0.1) is 0 Å². The fourth-order valence-corrected chi connectivity index (χ4v) is 6.04. The van der Waals surface area contributed by atoms with E-state index in [0.29, 0.717) is 31.7 Å². The Labute approximate surface area is 294 Å². The van der Waals surface area contributed by atoms with Gasteiger partial charge in [-0.1, -0.05) is 66.8 Å². The number of amides is 3. The molecule has 3 atom stereocenters. The van der Waals surface area contributed by atoms with Crippen molar-refractivity contribution in [2.24, 2.45) is 0 Å². The van der Waals surface area contributed by atoms with Crippen molar-refractivity contribution >= 4 is 29.6 Å². The van der Waals surface area contributed by atoms with E-state index in [1.807, 2.05) is 12.1 Å². The van der Waals surface area contributed by atoms with Crippen LogP contribution in [-0.4, -0.2) is 68.6 Å². The van der Waals surface area contributed by atoms with Crippen molar-refractivity contribution in [2.45, 2.75) is 82.9 Å². The van der Waals surface area contributed by atoms with E-state index in [1.165, 1.54) is 18.3 Å². The fourth-order valence-electron chi connectivity index (χ4n) is 6.04. The van der Waals surface area contributed by atoms with Gasteiger partial charge in [0.05, 0.1) is 7.11 Å². The Bertz CT molecular complexity index is 1570. The number of esters is 1. The second-order valence-corrected chi connectivity index (χ2v) is 13.3. The summed E-state index contributed by atoms with van der Waals surface area (Å²) in [7, 11) is 1.25. The molecule has 0 radical (unpaired) electrons. The SMILES string of the molecule is C=CCOc1ccc(C[C@H](NC(=O)[C@@H](CCCCNC(=O)OC(C)(C)C)NC(=O)OCC2C3=C(C=CCC3)c3ccccc32)C(=O)OC)cc1. The van der Waals surface area contributed by atoms with Crippen LogP contribution in [0.25, 0.3) is 5.57 Å². The van der Waals surface area contributed by atoms with Gasteiger partial charge in [-0.2, -0.15) is 0 Å². The first-order valence-corrected chi connectivity index (χ1v) is 17.1. The molecular formula is C39H49N3O8. The van der Waals surface area contributed by atoms with Crippen molar-refractivity contribution < 1.29 is 38.1 Å². The molecule has 0 spiro atoms. The molecule has 11 heteroatoms. The number of rotatable bonds is 16. The highest BCUT2D eigenvalue weighted by molar-refractivity contribution is 5.90. The van der Waals surface area contributed by atoms with Crippen LogP contribution in [0.2, 0.25) is 0 Å². The maximum Gasteiger partial charge on any atom is 0.407 e. The third kappa shape index (κ3) is 11.0. The molecule has 268 valence electrons. The van der Waals surface area contributed by atoms with E-state index in [4.69, 9.17) is 18.9 Å². The molecular weight excluding hydrogens is 638 g/mol. The van der Waals surface area contributed by atoms with Gasteiger partial charge in [-0.15, -0.1) is 0 Å². The number of hydrogen-bond acceptors (Lipinski definition) is 8. The molecule has 2 aliphatic rings. The van der Waals surface area contributed by atoms with Gasteiger partial charge in [-0.3, -0.25) is 4.79 Å². The molecule has 0 bridgehead atoms. The van der Waals surface area contributed by atoms with Crippen LogP contribution in [0.15, 0.2) is 78.9 Å². The molecule has 3 N–H and O–H groups in total. The first kappa shape index (κ1) is 37.8. The molecule has 11 nitrogen and oxygen atoms in total. The molecule has 0 aromatic heterocycles. The summed E-state index contributed by atoms with van der Waals surface area (Å²) in [4.78, 5) is 51.8. The van der Waals surface area contributed by atoms with E-state index in [1.54, 1.807) is 51.1 Å². The number of benzene rings is 2. The first-order chi connectivity index (χ1) is 24.0. The van der Waals surface area contributed by atoms with E-state index < -0.39 is 41.7 Å². The van der Waals surface area contributed by atoms with Crippen LogP contribution in [-0.2, 0) is 30.2 Å². The van der Waals surface area contributed by atoms with Gasteiger partial charge in [0.1, 0.15) is 36.6 Å². The number of hydrogen-bond donors (Lipinski definition) is 3. The summed E-state index contributed by atoms with van der Waals surface area (Å²) in [6, 6.07) is 13.2. The summed E-state index contributed by atoms with van der Waals surface area (Å²) in [6.45, 7) is 9.79. The van der Waals surface area contributed by atoms with Gasteiger partial charge in [-0.05, 0) is 87.3 Å². The van der Waals surface area contributed by atoms with Gasteiger partial charge in [0.15, 0.2) is 0 Å². The molecule has 0 aliphatic heterocycles. The standard InChI is InChI=1S/C39H49N3O8/c1-6-23-48-27-20-18-26(19-21-27)24-34(36(44)47-5)41-35(43)33(17-11-12-22-40-37(45)50-39(2,3)4)42-38(46)49-25-32-30-15-9-7-13-28(30)29-14-8-10-16-31(29)32/h6-9,13-15,18-21,32-34H,1,10-12,16-17,22-25H2,2-5H3,(H,40,45)(H,41,43)(H,42,46)/t32?,33-,34+/m1/s1. The maximum absolute atomic E-state index is 13.7. The summed E-state index contributed by atoms with van der Waals surface area (Å²) in [5.41, 5.74) is 4.84. The first-order valence-electron chi connectivity index (χ1n) is 17.1. The Morgan fingerprint density at radius 1 is 0.980 bits per heavy atom. The average Bonchev–Trinajstić information content (AvgIpc) is 3.41. The minimum atomic E-state index is -1.02. The van der Waals surface area contributed by atoms with Gasteiger partial charge in [0.2, 0.25) is 5.91 Å². The Kier molecular flexibility index (Phi) is 13.7. The molecule has 2 aliphatic carbocycles. The summed E-state index contributed by atoms with van der Waals surface area (Å²) in [5.74, 6) is -0.610. The number of ether oxygens (including phenoxy) is 4. The van der Waals surface area contributed by atoms with Crippen molar-refractivity contribution in [3.8, 4) is 5.75 Å². The summed E-state index contributed by atoms with van der Waals surface area (Å²) >= 11 is 0. The number of methoxy groups -OCH3 is 1. The number of allylic oxidation sites excluding steroid dienone is 3. The van der Waals surface area contributed by atoms with E-state index in [2.05, 4.69) is 46.8 Å². The number of fused-ring (bicyclic) bond motifs is 2. The third-order valence-corrected chi connectivity index (χ3v) is 8.37. The highest BCUT2D eigenvalue weighted by atomic mass is 16.6. The van der Waals surface area contributed by atoms with Crippen LogP contribution in [0.1, 0.15) is 75.5 Å². The average molecular weight is 688 g/mol. The van der Waals surface area contributed by atoms with Gasteiger partial charge >= 0.3 is 18.2 Å². The van der Waals surface area contributed by atoms with Crippen molar-refractivity contribution in [3.05, 3.63) is 95.6 Å². The smallest absolute Gasteiger partial charge is 0.407 e. The zero-order valence-electron chi connectivity index (χ0n) is 29.4. The molecule has 0 saturated heterocycles. The molecule has 0 saturated carbocycles. The quantitative estimate of drug-likeness (QED) is 0.0827. The van der Waals surface area contributed by atoms with Gasteiger partial charge < -0.3 is 34.9 Å². The van der Waals surface area contributed by atoms with Crippen molar-refractivity contribution in [3.63, 3.8) is 0 Å². The molecule has 2 aromatic carbocycles. The summed E-state index contributed by atoms with van der Waals surface area (Å²) < 4.78 is 21.6. The van der Waals surface area contributed by atoms with E-state index >= 15 is 0 Å². The third-order valence-electron chi connectivity index (χ3n) is 8.37. The van der Waals surface area contributed by atoms with E-state index in [-0.39, 0.29) is 25.4 Å². The lowest BCUT2D eigenvalue weighted by Crippen LogP contribution is -2.52. The maximum atomic E-state index is 13.7. The highest BCUT2D eigenvalue weighted by Gasteiger charge is 2.33. The molecule has 0 heterocycles. The minimum absolute atomic E-state index is 0.0691. The fraction of sp³-hybridized carbons (Fsp3) is 0.436. The van der Waals surface area contributed by atoms with Crippen molar-refractivity contribution in [1.29, 1.82) is 0 Å². The lowest BCUT2D eigenvalue weighted by molar-refractivity contribution is -0.145. The normalized spacial score (nSPS) is 15.9. The highest BCUT2D eigenvalue weighted by Crippen LogP contribution is 2.46. The van der Waals surface area contributed by atoms with Gasteiger partial charge in [0, 0.05) is 18.9 Å². The van der Waals surface area contributed by atoms with E-state index in [9.17, 15) is 19.2 Å². The lowest BCUT2D eigenvalue weighted by Gasteiger charge is -2.23. The molecule has 1 unspecified atom stereocenters. The van der Waals surface area contributed by atoms with Gasteiger partial charge in [-0.25, -0.2) is 14.4 Å². The number of alkyl carbamates (subject to hydrolysis) is 2. The zero-order chi connectivity index (χ0) is 36.1. The van der Waals surface area contributed by atoms with Crippen molar-refractivity contribution in [2.75, 3.05) is 26.9 Å². The van der Waals surface area contributed by atoms with Crippen LogP contribution in [0.4, 0.5) is 9.59 Å². The van der Waals surface area contributed by atoms with E-state index in [0.717, 1.165) is 29.5 Å². The van der Waals surface area contributed by atoms with Crippen LogP contribution >= 0.6 is 0 Å². The predicted molar refractivity (Wildman–Crippen MR) is 191 cm³/mol. The Morgan fingerprint density at radius 2 is 1.74 bits per heavy atom. The molecule has 50 heavy (non-hydrogen) atoms. The number of nitrogens with one attached hydrogen (secondary N) is 3. The van der Waals surface area contributed by atoms with Crippen molar-refractivity contribution in [1.82, 2.24) is 16.0 Å². The largest absolute Gasteiger partial charge is 0.490 e. The minimum Gasteiger partial charge on any atom is -0.490 e. The molecule has 3 amide bonds. The zero-order valence-corrected chi connectivity index (χ0v) is 29.4.